The number of nitrogens with zero attached hydrogens (tertiary/aromatic N) is 2. The van der Waals surface area contributed by atoms with Crippen LogP contribution in [0.25, 0.3) is 11.6 Å². The molecule has 2 aromatic rings. The quantitative estimate of drug-likeness (QED) is 0.550. The van der Waals surface area contributed by atoms with Gasteiger partial charge in [-0.2, -0.15) is 0 Å². The normalized spacial score (nSPS) is 17.7. The van der Waals surface area contributed by atoms with Crippen LogP contribution in [0.1, 0.15) is 31.9 Å². The van der Waals surface area contributed by atoms with Gasteiger partial charge in [-0.1, -0.05) is 6.08 Å². The fourth-order valence-electron chi connectivity index (χ4n) is 4.28. The number of thioether (sulfide) groups is 1. The van der Waals surface area contributed by atoms with Gasteiger partial charge in [0.1, 0.15) is 18.0 Å². The molecule has 0 aromatic heterocycles. The summed E-state index contributed by atoms with van der Waals surface area (Å²) in [5, 5.41) is 2.20. The lowest BCUT2D eigenvalue weighted by Gasteiger charge is -2.41. The number of fused-ring (bicyclic) bond motifs is 1. The zero-order valence-corrected chi connectivity index (χ0v) is 22.0. The molecule has 4 rings (SSSR count). The zero-order chi connectivity index (χ0) is 26.2. The minimum Gasteiger partial charge on any atom is -0.497 e. The molecule has 2 aliphatic rings. The summed E-state index contributed by atoms with van der Waals surface area (Å²) in [5.41, 5.74) is 4.25. The molecule has 1 saturated heterocycles. The second kappa shape index (κ2) is 9.73. The fraction of sp³-hybridized carbons (Fsp3) is 0.296. The fourth-order valence-corrected chi connectivity index (χ4v) is 5.11. The smallest absolute Gasteiger partial charge is 0.294 e. The van der Waals surface area contributed by atoms with Gasteiger partial charge in [-0.3, -0.25) is 19.3 Å². The Morgan fingerprint density at radius 3 is 2.44 bits per heavy atom. The Bertz CT molecular complexity index is 1300. The maximum absolute atomic E-state index is 13.0. The van der Waals surface area contributed by atoms with Gasteiger partial charge in [-0.25, -0.2) is 0 Å². The lowest BCUT2D eigenvalue weighted by molar-refractivity contribution is -0.127. The van der Waals surface area contributed by atoms with Crippen molar-refractivity contribution in [1.29, 1.82) is 0 Å². The van der Waals surface area contributed by atoms with Crippen molar-refractivity contribution < 1.29 is 23.9 Å². The summed E-state index contributed by atoms with van der Waals surface area (Å²) in [7, 11) is 5.16. The largest absolute Gasteiger partial charge is 0.497 e. The van der Waals surface area contributed by atoms with Gasteiger partial charge in [-0.15, -0.1) is 0 Å². The first-order valence-corrected chi connectivity index (χ1v) is 12.2. The number of hydrogen-bond donors (Lipinski definition) is 1. The van der Waals surface area contributed by atoms with E-state index in [2.05, 4.69) is 37.1 Å². The predicted octanol–water partition coefficient (Wildman–Crippen LogP) is 5.01. The number of likely N-dealkylation sites (N-methyl/N-ethyl adjacent to an activating group) is 1. The van der Waals surface area contributed by atoms with Gasteiger partial charge in [0.25, 0.3) is 11.1 Å². The predicted molar refractivity (Wildman–Crippen MR) is 143 cm³/mol. The molecule has 2 aliphatic heterocycles. The van der Waals surface area contributed by atoms with Gasteiger partial charge >= 0.3 is 0 Å². The molecule has 36 heavy (non-hydrogen) atoms. The maximum atomic E-state index is 13.0. The van der Waals surface area contributed by atoms with E-state index in [9.17, 15) is 14.4 Å². The Morgan fingerprint density at radius 1 is 1.11 bits per heavy atom. The lowest BCUT2D eigenvalue weighted by Crippen LogP contribution is -2.42. The summed E-state index contributed by atoms with van der Waals surface area (Å²) in [6.07, 6.45) is 3.85. The molecule has 0 atom stereocenters. The zero-order valence-electron chi connectivity index (χ0n) is 21.2. The first kappa shape index (κ1) is 25.4. The highest BCUT2D eigenvalue weighted by Crippen LogP contribution is 2.42. The molecule has 0 bridgehead atoms. The molecule has 0 spiro atoms. The molecule has 0 radical (unpaired) electrons. The van der Waals surface area contributed by atoms with E-state index in [-0.39, 0.29) is 17.0 Å². The molecule has 0 unspecified atom stereocenters. The average molecular weight is 508 g/mol. The van der Waals surface area contributed by atoms with E-state index in [0.29, 0.717) is 22.7 Å². The molecule has 1 N–H and O–H groups in total. The van der Waals surface area contributed by atoms with Crippen LogP contribution in [0.15, 0.2) is 47.4 Å². The molecular formula is C27H29N3O5S. The number of benzene rings is 2. The van der Waals surface area contributed by atoms with Crippen molar-refractivity contribution in [2.75, 3.05) is 38.0 Å². The van der Waals surface area contributed by atoms with E-state index >= 15 is 0 Å². The highest BCUT2D eigenvalue weighted by molar-refractivity contribution is 8.18. The molecule has 2 aromatic carbocycles. The van der Waals surface area contributed by atoms with Crippen LogP contribution in [-0.2, 0) is 9.59 Å². The van der Waals surface area contributed by atoms with Crippen molar-refractivity contribution in [3.63, 3.8) is 0 Å². The van der Waals surface area contributed by atoms with Gasteiger partial charge in [-0.05, 0) is 74.5 Å². The Kier molecular flexibility index (Phi) is 6.86. The van der Waals surface area contributed by atoms with Crippen LogP contribution in [-0.4, -0.2) is 55.3 Å². The number of ether oxygens (including phenoxy) is 2. The summed E-state index contributed by atoms with van der Waals surface area (Å²) in [4.78, 5) is 41.5. The van der Waals surface area contributed by atoms with Crippen molar-refractivity contribution in [1.82, 2.24) is 4.90 Å². The van der Waals surface area contributed by atoms with Crippen LogP contribution in [0, 0.1) is 0 Å². The van der Waals surface area contributed by atoms with E-state index < -0.39 is 17.1 Å². The van der Waals surface area contributed by atoms with E-state index in [1.165, 1.54) is 0 Å². The highest BCUT2D eigenvalue weighted by atomic mass is 32.2. The van der Waals surface area contributed by atoms with Crippen LogP contribution < -0.4 is 19.7 Å². The molecule has 8 nitrogen and oxygen atoms in total. The number of carbonyl (C=O) groups is 3. The monoisotopic (exact) mass is 507 g/mol. The van der Waals surface area contributed by atoms with Crippen LogP contribution in [0.3, 0.4) is 0 Å². The minimum atomic E-state index is -0.514. The Balaban J connectivity index is 1.56. The molecule has 1 fully saturated rings. The third kappa shape index (κ3) is 4.83. The van der Waals surface area contributed by atoms with E-state index in [1.807, 2.05) is 19.2 Å². The molecule has 2 heterocycles. The third-order valence-corrected chi connectivity index (χ3v) is 7.31. The number of rotatable bonds is 6. The van der Waals surface area contributed by atoms with Crippen LogP contribution in [0.2, 0.25) is 0 Å². The summed E-state index contributed by atoms with van der Waals surface area (Å²) >= 11 is 0.809. The Morgan fingerprint density at radius 2 is 1.81 bits per heavy atom. The number of hydrogen-bond acceptors (Lipinski definition) is 7. The van der Waals surface area contributed by atoms with Gasteiger partial charge in [0.05, 0.1) is 24.7 Å². The number of imide groups is 1. The number of amides is 3. The molecule has 3 amide bonds. The summed E-state index contributed by atoms with van der Waals surface area (Å²) in [6, 6.07) is 10.7. The SMILES string of the molecule is COc1ccc(NC(=O)CN2C(=O)S/C(=C/c3cc4c(cc3OC)N(C)C(C)(C)C=C4C)C2=O)cc1. The number of nitrogens with one attached hydrogen (secondary N) is 1. The van der Waals surface area contributed by atoms with E-state index in [1.54, 1.807) is 44.6 Å². The van der Waals surface area contributed by atoms with E-state index in [4.69, 9.17) is 9.47 Å². The summed E-state index contributed by atoms with van der Waals surface area (Å²) in [6.45, 7) is 5.96. The molecule has 188 valence electrons. The first-order valence-electron chi connectivity index (χ1n) is 11.4. The Hall–Kier alpha value is -3.72. The Labute approximate surface area is 214 Å². The van der Waals surface area contributed by atoms with Gasteiger partial charge in [0, 0.05) is 35.6 Å². The summed E-state index contributed by atoms with van der Waals surface area (Å²) < 4.78 is 10.7. The van der Waals surface area contributed by atoms with Gasteiger partial charge < -0.3 is 19.7 Å². The van der Waals surface area contributed by atoms with Gasteiger partial charge in [0.2, 0.25) is 5.91 Å². The summed E-state index contributed by atoms with van der Waals surface area (Å²) in [5.74, 6) is 0.263. The van der Waals surface area contributed by atoms with Crippen molar-refractivity contribution in [3.05, 3.63) is 58.5 Å². The van der Waals surface area contributed by atoms with Crippen LogP contribution >= 0.6 is 11.8 Å². The average Bonchev–Trinajstić information content (AvgIpc) is 3.10. The molecular weight excluding hydrogens is 478 g/mol. The van der Waals surface area contributed by atoms with Crippen molar-refractivity contribution in [3.8, 4) is 11.5 Å². The third-order valence-electron chi connectivity index (χ3n) is 6.40. The number of anilines is 2. The van der Waals surface area contributed by atoms with Crippen molar-refractivity contribution in [2.45, 2.75) is 26.3 Å². The van der Waals surface area contributed by atoms with Gasteiger partial charge in [0.15, 0.2) is 0 Å². The minimum absolute atomic E-state index is 0.154. The lowest BCUT2D eigenvalue weighted by atomic mass is 9.88. The second-order valence-electron chi connectivity index (χ2n) is 9.20. The number of carbonyl (C=O) groups excluding carboxylic acids is 3. The van der Waals surface area contributed by atoms with Crippen LogP contribution in [0.4, 0.5) is 16.2 Å². The number of allylic oxidation sites excluding steroid dienone is 1. The molecule has 0 saturated carbocycles. The van der Waals surface area contributed by atoms with Crippen LogP contribution in [0.5, 0.6) is 11.5 Å². The molecule has 0 aliphatic carbocycles. The molecule has 9 heteroatoms. The van der Waals surface area contributed by atoms with E-state index in [0.717, 1.165) is 33.5 Å². The standard InChI is InChI=1S/C27H29N3O5S/c1-16-14-27(2,3)29(4)21-13-22(35-6)17(11-20(16)21)12-23-25(32)30(26(33)36-23)15-24(31)28-18-7-9-19(34-5)10-8-18/h7-14H,15H2,1-6H3,(H,28,31)/b23-12+. The first-order chi connectivity index (χ1) is 17.0. The topological polar surface area (TPSA) is 88.2 Å². The maximum Gasteiger partial charge on any atom is 0.294 e. The highest BCUT2D eigenvalue weighted by Gasteiger charge is 2.37. The second-order valence-corrected chi connectivity index (χ2v) is 10.2. The number of methoxy groups -OCH3 is 2. The van der Waals surface area contributed by atoms with Crippen molar-refractivity contribution in [2.24, 2.45) is 0 Å². The van der Waals surface area contributed by atoms with Crippen molar-refractivity contribution >= 4 is 51.8 Å².